The third kappa shape index (κ3) is 4.23. The van der Waals surface area contributed by atoms with Crippen LogP contribution < -0.4 is 20.4 Å². The maximum Gasteiger partial charge on any atom is 0.262 e. The molecule has 0 aliphatic carbocycles. The van der Waals surface area contributed by atoms with Gasteiger partial charge in [0.05, 0.1) is 11.6 Å². The molecule has 7 heteroatoms. The molecular weight excluding hydrogens is 408 g/mol. The highest BCUT2D eigenvalue weighted by Gasteiger charge is 2.21. The zero-order chi connectivity index (χ0) is 22.8. The van der Waals surface area contributed by atoms with Crippen molar-refractivity contribution in [2.24, 2.45) is 0 Å². The van der Waals surface area contributed by atoms with E-state index in [1.165, 1.54) is 6.26 Å². The molecule has 0 atom stereocenters. The molecular formula is C25H24N2O5. The summed E-state index contributed by atoms with van der Waals surface area (Å²) in [5.74, 6) is 0.0391. The number of carbonyl (C=O) groups excluding carboxylic acids is 1. The van der Waals surface area contributed by atoms with Crippen molar-refractivity contribution in [1.82, 2.24) is 0 Å². The van der Waals surface area contributed by atoms with E-state index in [-0.39, 0.29) is 23.5 Å². The van der Waals surface area contributed by atoms with E-state index < -0.39 is 5.91 Å². The second kappa shape index (κ2) is 8.63. The molecule has 1 N–H and O–H groups in total. The predicted octanol–water partition coefficient (Wildman–Crippen LogP) is 4.75. The molecule has 32 heavy (non-hydrogen) atoms. The maximum atomic E-state index is 13.2. The summed E-state index contributed by atoms with van der Waals surface area (Å²) in [4.78, 5) is 27.7. The Morgan fingerprint density at radius 2 is 1.78 bits per heavy atom. The Kier molecular flexibility index (Phi) is 5.73. The van der Waals surface area contributed by atoms with Crippen molar-refractivity contribution >= 4 is 28.3 Å². The average molecular weight is 432 g/mol. The number of hydrogen-bond acceptors (Lipinski definition) is 6. The molecule has 0 aliphatic heterocycles. The number of carbonyl (C=O) groups is 1. The molecule has 7 nitrogen and oxygen atoms in total. The van der Waals surface area contributed by atoms with Crippen LogP contribution in [0.3, 0.4) is 0 Å². The van der Waals surface area contributed by atoms with E-state index in [0.717, 1.165) is 16.8 Å². The Hall–Kier alpha value is -4.00. The van der Waals surface area contributed by atoms with Gasteiger partial charge >= 0.3 is 0 Å². The first kappa shape index (κ1) is 21.2. The number of rotatable bonds is 6. The molecule has 0 saturated carbocycles. The van der Waals surface area contributed by atoms with Gasteiger partial charge in [0.2, 0.25) is 16.9 Å². The minimum Gasteiger partial charge on any atom is -0.476 e. The lowest BCUT2D eigenvalue weighted by Gasteiger charge is -2.13. The third-order valence-electron chi connectivity index (χ3n) is 5.23. The molecule has 2 heterocycles. The Morgan fingerprint density at radius 3 is 2.44 bits per heavy atom. The van der Waals surface area contributed by atoms with Crippen LogP contribution in [-0.4, -0.2) is 26.6 Å². The standard InChI is InChI=1S/C25H24N2O5/c1-15-12-19-21(13-16(15)2)32-24(20-6-5-11-30-20)25(23(19)29)31-14-22(28)26-17-7-9-18(10-8-17)27(3)4/h5-13H,14H2,1-4H3,(H,26,28). The lowest BCUT2D eigenvalue weighted by Crippen LogP contribution is -2.22. The summed E-state index contributed by atoms with van der Waals surface area (Å²) in [6.45, 7) is 3.51. The maximum absolute atomic E-state index is 13.2. The van der Waals surface area contributed by atoms with Crippen molar-refractivity contribution in [3.8, 4) is 17.3 Å². The van der Waals surface area contributed by atoms with E-state index in [1.54, 1.807) is 30.3 Å². The van der Waals surface area contributed by atoms with Crippen LogP contribution in [0.25, 0.3) is 22.5 Å². The number of aryl methyl sites for hydroxylation is 2. The van der Waals surface area contributed by atoms with E-state index in [0.29, 0.717) is 22.4 Å². The fourth-order valence-electron chi connectivity index (χ4n) is 3.31. The second-order valence-electron chi connectivity index (χ2n) is 7.78. The summed E-state index contributed by atoms with van der Waals surface area (Å²) in [5, 5.41) is 3.15. The van der Waals surface area contributed by atoms with Gasteiger partial charge in [-0.15, -0.1) is 0 Å². The van der Waals surface area contributed by atoms with Gasteiger partial charge in [-0.3, -0.25) is 9.59 Å². The highest BCUT2D eigenvalue weighted by molar-refractivity contribution is 5.92. The fourth-order valence-corrected chi connectivity index (χ4v) is 3.31. The molecule has 4 aromatic rings. The smallest absolute Gasteiger partial charge is 0.262 e. The van der Waals surface area contributed by atoms with Crippen LogP contribution in [0.5, 0.6) is 5.75 Å². The first-order chi connectivity index (χ1) is 15.3. The monoisotopic (exact) mass is 432 g/mol. The zero-order valence-corrected chi connectivity index (χ0v) is 18.4. The number of hydrogen-bond donors (Lipinski definition) is 1. The molecule has 0 aliphatic rings. The summed E-state index contributed by atoms with van der Waals surface area (Å²) in [5.41, 5.74) is 3.68. The largest absolute Gasteiger partial charge is 0.476 e. The lowest BCUT2D eigenvalue weighted by molar-refractivity contribution is -0.118. The van der Waals surface area contributed by atoms with Crippen molar-refractivity contribution in [3.05, 3.63) is 76.1 Å². The minimum atomic E-state index is -0.396. The summed E-state index contributed by atoms with van der Waals surface area (Å²) in [7, 11) is 3.88. The number of fused-ring (bicyclic) bond motifs is 1. The molecule has 0 spiro atoms. The van der Waals surface area contributed by atoms with Crippen molar-refractivity contribution in [1.29, 1.82) is 0 Å². The second-order valence-corrected chi connectivity index (χ2v) is 7.78. The molecule has 0 saturated heterocycles. The van der Waals surface area contributed by atoms with Crippen LogP contribution in [0.15, 0.2) is 68.4 Å². The van der Waals surface area contributed by atoms with Gasteiger partial charge in [-0.2, -0.15) is 0 Å². The Bertz CT molecular complexity index is 1320. The van der Waals surface area contributed by atoms with E-state index in [9.17, 15) is 9.59 Å². The first-order valence-electron chi connectivity index (χ1n) is 10.2. The molecule has 164 valence electrons. The van der Waals surface area contributed by atoms with Gasteiger partial charge in [-0.1, -0.05) is 0 Å². The molecule has 2 aromatic heterocycles. The van der Waals surface area contributed by atoms with Gasteiger partial charge in [-0.25, -0.2) is 0 Å². The highest BCUT2D eigenvalue weighted by Crippen LogP contribution is 2.32. The Balaban J connectivity index is 1.62. The van der Waals surface area contributed by atoms with E-state index >= 15 is 0 Å². The molecule has 0 bridgehead atoms. The van der Waals surface area contributed by atoms with Crippen molar-refractivity contribution in [2.45, 2.75) is 13.8 Å². The van der Waals surface area contributed by atoms with Crippen molar-refractivity contribution < 1.29 is 18.4 Å². The number of ether oxygens (including phenoxy) is 1. The number of nitrogens with zero attached hydrogens (tertiary/aromatic N) is 1. The van der Waals surface area contributed by atoms with Gasteiger partial charge in [-0.05, 0) is 73.5 Å². The number of benzene rings is 2. The number of amides is 1. The zero-order valence-electron chi connectivity index (χ0n) is 18.4. The van der Waals surface area contributed by atoms with Crippen LogP contribution in [0.2, 0.25) is 0 Å². The van der Waals surface area contributed by atoms with Crippen LogP contribution in [0, 0.1) is 13.8 Å². The predicted molar refractivity (Wildman–Crippen MR) is 125 cm³/mol. The lowest BCUT2D eigenvalue weighted by atomic mass is 10.1. The summed E-state index contributed by atoms with van der Waals surface area (Å²) in [6, 6.07) is 14.3. The minimum absolute atomic E-state index is 0.0613. The Morgan fingerprint density at radius 1 is 1.06 bits per heavy atom. The normalized spacial score (nSPS) is 10.9. The van der Waals surface area contributed by atoms with Crippen molar-refractivity contribution in [3.63, 3.8) is 0 Å². The number of nitrogens with one attached hydrogen (secondary N) is 1. The highest BCUT2D eigenvalue weighted by atomic mass is 16.5. The van der Waals surface area contributed by atoms with E-state index in [2.05, 4.69) is 5.32 Å². The van der Waals surface area contributed by atoms with Crippen LogP contribution in [0.1, 0.15) is 11.1 Å². The summed E-state index contributed by atoms with van der Waals surface area (Å²) >= 11 is 0. The van der Waals surface area contributed by atoms with Crippen molar-refractivity contribution in [2.75, 3.05) is 30.9 Å². The average Bonchev–Trinajstić information content (AvgIpc) is 3.29. The SMILES string of the molecule is Cc1cc2oc(-c3ccco3)c(OCC(=O)Nc3ccc(N(C)C)cc3)c(=O)c2cc1C. The van der Waals surface area contributed by atoms with Gasteiger partial charge < -0.3 is 23.8 Å². The van der Waals surface area contributed by atoms with Gasteiger partial charge in [0.1, 0.15) is 5.58 Å². The van der Waals surface area contributed by atoms with Crippen LogP contribution in [0.4, 0.5) is 11.4 Å². The fraction of sp³-hybridized carbons (Fsp3) is 0.200. The molecule has 1 amide bonds. The molecule has 4 rings (SSSR count). The molecule has 0 radical (unpaired) electrons. The quantitative estimate of drug-likeness (QED) is 0.473. The Labute approximate surface area is 185 Å². The van der Waals surface area contributed by atoms with Gasteiger partial charge in [0.25, 0.3) is 5.91 Å². The summed E-state index contributed by atoms with van der Waals surface area (Å²) in [6.07, 6.45) is 1.48. The van der Waals surface area contributed by atoms with Crippen LogP contribution in [-0.2, 0) is 4.79 Å². The number of anilines is 2. The molecule has 2 aromatic carbocycles. The van der Waals surface area contributed by atoms with E-state index in [1.807, 2.05) is 51.0 Å². The summed E-state index contributed by atoms with van der Waals surface area (Å²) < 4.78 is 17.1. The van der Waals surface area contributed by atoms with Gasteiger partial charge in [0.15, 0.2) is 12.4 Å². The molecule has 0 fully saturated rings. The topological polar surface area (TPSA) is 84.9 Å². The van der Waals surface area contributed by atoms with Crippen LogP contribution >= 0.6 is 0 Å². The third-order valence-corrected chi connectivity index (χ3v) is 5.23. The van der Waals surface area contributed by atoms with Gasteiger partial charge in [0, 0.05) is 25.5 Å². The first-order valence-corrected chi connectivity index (χ1v) is 10.2. The number of furan rings is 1. The molecule has 0 unspecified atom stereocenters. The van der Waals surface area contributed by atoms with E-state index in [4.69, 9.17) is 13.6 Å².